The number of amides is 3. The van der Waals surface area contributed by atoms with Gasteiger partial charge < -0.3 is 19.4 Å². The Bertz CT molecular complexity index is 755. The summed E-state index contributed by atoms with van der Waals surface area (Å²) in [5, 5.41) is 0. The Morgan fingerprint density at radius 1 is 0.821 bits per heavy atom. The van der Waals surface area contributed by atoms with E-state index in [1.807, 2.05) is 0 Å². The van der Waals surface area contributed by atoms with Crippen molar-refractivity contribution in [2.24, 2.45) is 0 Å². The monoisotopic (exact) mass is 399 g/mol. The van der Waals surface area contributed by atoms with Crippen LogP contribution < -0.4 is 0 Å². The molecule has 0 saturated carbocycles. The Hall–Kier alpha value is -2.62. The van der Waals surface area contributed by atoms with Crippen LogP contribution in [0, 0.1) is 0 Å². The molecule has 2 aliphatic heterocycles. The van der Waals surface area contributed by atoms with Crippen molar-refractivity contribution in [3.05, 3.63) is 35.4 Å². The highest BCUT2D eigenvalue weighted by Crippen LogP contribution is 2.29. The van der Waals surface area contributed by atoms with E-state index in [2.05, 4.69) is 0 Å². The van der Waals surface area contributed by atoms with Crippen LogP contribution >= 0.6 is 0 Å². The average Bonchev–Trinajstić information content (AvgIpc) is 2.72. The van der Waals surface area contributed by atoms with Crippen molar-refractivity contribution in [1.29, 1.82) is 0 Å². The second kappa shape index (κ2) is 8.17. The Labute approximate surface area is 159 Å². The molecule has 1 aromatic carbocycles. The number of ether oxygens (including phenoxy) is 1. The third kappa shape index (κ3) is 4.44. The average molecular weight is 399 g/mol. The molecule has 0 atom stereocenters. The zero-order valence-corrected chi connectivity index (χ0v) is 15.1. The molecule has 2 saturated heterocycles. The van der Waals surface area contributed by atoms with Crippen molar-refractivity contribution < 1.29 is 32.3 Å². The van der Waals surface area contributed by atoms with Crippen molar-refractivity contribution in [3.63, 3.8) is 0 Å². The lowest BCUT2D eigenvalue weighted by molar-refractivity contribution is -0.154. The first-order chi connectivity index (χ1) is 13.3. The normalized spacial score (nSPS) is 18.2. The lowest BCUT2D eigenvalue weighted by Gasteiger charge is -2.36. The molecule has 10 heteroatoms. The van der Waals surface area contributed by atoms with E-state index in [0.717, 1.165) is 12.1 Å². The zero-order valence-electron chi connectivity index (χ0n) is 15.1. The van der Waals surface area contributed by atoms with E-state index in [0.29, 0.717) is 26.3 Å². The molecule has 3 amide bonds. The van der Waals surface area contributed by atoms with E-state index in [1.165, 1.54) is 26.8 Å². The summed E-state index contributed by atoms with van der Waals surface area (Å²) in [7, 11) is 0. The van der Waals surface area contributed by atoms with Crippen LogP contribution in [0.3, 0.4) is 0 Å². The summed E-state index contributed by atoms with van der Waals surface area (Å²) >= 11 is 0. The molecule has 7 nitrogen and oxygen atoms in total. The Kier molecular flexibility index (Phi) is 5.87. The molecule has 0 N–H and O–H groups in total. The van der Waals surface area contributed by atoms with Crippen LogP contribution in [0.4, 0.5) is 13.2 Å². The summed E-state index contributed by atoms with van der Waals surface area (Å²) < 4.78 is 43.6. The number of nitrogens with zero attached hydrogens (tertiary/aromatic N) is 3. The molecule has 3 rings (SSSR count). The predicted octanol–water partition coefficient (Wildman–Crippen LogP) is 0.849. The van der Waals surface area contributed by atoms with Gasteiger partial charge in [-0.05, 0) is 18.2 Å². The number of carbonyl (C=O) groups is 3. The minimum Gasteiger partial charge on any atom is -0.378 e. The molecule has 0 unspecified atom stereocenters. The number of halogens is 3. The maximum atomic E-state index is 12.8. The Balaban J connectivity index is 1.58. The number of hydrogen-bond acceptors (Lipinski definition) is 4. The molecule has 0 radical (unpaired) electrons. The highest BCUT2D eigenvalue weighted by Gasteiger charge is 2.33. The van der Waals surface area contributed by atoms with Gasteiger partial charge in [0.25, 0.3) is 5.91 Å². The van der Waals surface area contributed by atoms with Crippen molar-refractivity contribution in [2.75, 3.05) is 52.5 Å². The second-order valence-electron chi connectivity index (χ2n) is 6.57. The van der Waals surface area contributed by atoms with Crippen LogP contribution in [0.5, 0.6) is 0 Å². The largest absolute Gasteiger partial charge is 0.416 e. The Morgan fingerprint density at radius 2 is 1.36 bits per heavy atom. The van der Waals surface area contributed by atoms with E-state index < -0.39 is 29.5 Å². The quantitative estimate of drug-likeness (QED) is 0.657. The van der Waals surface area contributed by atoms with Crippen molar-refractivity contribution in [2.45, 2.75) is 6.18 Å². The molecular formula is C18H20F3N3O4. The summed E-state index contributed by atoms with van der Waals surface area (Å²) in [4.78, 5) is 41.3. The summed E-state index contributed by atoms with van der Waals surface area (Å²) in [6, 6.07) is 4.25. The van der Waals surface area contributed by atoms with E-state index in [9.17, 15) is 27.6 Å². The van der Waals surface area contributed by atoms with Crippen molar-refractivity contribution in [1.82, 2.24) is 14.7 Å². The number of morpholine rings is 1. The van der Waals surface area contributed by atoms with Crippen LogP contribution in [0.2, 0.25) is 0 Å². The van der Waals surface area contributed by atoms with Crippen LogP contribution in [-0.4, -0.2) is 84.9 Å². The zero-order chi connectivity index (χ0) is 20.3. The maximum Gasteiger partial charge on any atom is 0.416 e. The lowest BCUT2D eigenvalue weighted by Crippen LogP contribution is -2.55. The first-order valence-corrected chi connectivity index (χ1v) is 8.90. The second-order valence-corrected chi connectivity index (χ2v) is 6.57. The Morgan fingerprint density at radius 3 is 1.93 bits per heavy atom. The molecule has 2 fully saturated rings. The molecule has 0 bridgehead atoms. The molecule has 0 aliphatic carbocycles. The third-order valence-electron chi connectivity index (χ3n) is 4.77. The lowest BCUT2D eigenvalue weighted by atomic mass is 10.1. The van der Waals surface area contributed by atoms with E-state index in [1.54, 1.807) is 0 Å². The molecule has 1 aromatic rings. The third-order valence-corrected chi connectivity index (χ3v) is 4.77. The van der Waals surface area contributed by atoms with Gasteiger partial charge in [-0.3, -0.25) is 14.4 Å². The number of rotatable bonds is 1. The van der Waals surface area contributed by atoms with Gasteiger partial charge in [-0.1, -0.05) is 6.07 Å². The number of benzene rings is 1. The summed E-state index contributed by atoms with van der Waals surface area (Å²) in [5.74, 6) is -1.76. The van der Waals surface area contributed by atoms with Crippen molar-refractivity contribution in [3.8, 4) is 0 Å². The van der Waals surface area contributed by atoms with Gasteiger partial charge in [0, 0.05) is 44.8 Å². The molecule has 2 heterocycles. The van der Waals surface area contributed by atoms with Gasteiger partial charge in [0.05, 0.1) is 18.8 Å². The van der Waals surface area contributed by atoms with E-state index >= 15 is 0 Å². The summed E-state index contributed by atoms with van der Waals surface area (Å²) in [6.45, 7) is 2.10. The minimum atomic E-state index is -4.53. The fourth-order valence-electron chi connectivity index (χ4n) is 3.16. The van der Waals surface area contributed by atoms with Crippen molar-refractivity contribution >= 4 is 17.7 Å². The molecule has 28 heavy (non-hydrogen) atoms. The van der Waals surface area contributed by atoms with Gasteiger partial charge in [0.1, 0.15) is 0 Å². The molecule has 2 aliphatic rings. The molecular weight excluding hydrogens is 379 g/mol. The van der Waals surface area contributed by atoms with E-state index in [-0.39, 0.29) is 31.7 Å². The highest BCUT2D eigenvalue weighted by atomic mass is 19.4. The van der Waals surface area contributed by atoms with Gasteiger partial charge in [-0.25, -0.2) is 0 Å². The number of carbonyl (C=O) groups excluding carboxylic acids is 3. The van der Waals surface area contributed by atoms with Gasteiger partial charge in [-0.15, -0.1) is 0 Å². The smallest absolute Gasteiger partial charge is 0.378 e. The van der Waals surface area contributed by atoms with Crippen LogP contribution in [0.1, 0.15) is 15.9 Å². The topological polar surface area (TPSA) is 70.2 Å². The molecule has 152 valence electrons. The summed E-state index contributed by atoms with van der Waals surface area (Å²) in [5.41, 5.74) is -0.942. The number of hydrogen-bond donors (Lipinski definition) is 0. The number of alkyl halides is 3. The SMILES string of the molecule is O=C(C(=O)N1CCN(C(=O)c2cccc(C(F)(F)F)c2)CC1)N1CCOCC1. The number of piperazine rings is 1. The highest BCUT2D eigenvalue weighted by molar-refractivity contribution is 6.34. The molecule has 0 aromatic heterocycles. The minimum absolute atomic E-state index is 0.0565. The van der Waals surface area contributed by atoms with Gasteiger partial charge >= 0.3 is 18.0 Å². The van der Waals surface area contributed by atoms with Gasteiger partial charge in [-0.2, -0.15) is 13.2 Å². The molecule has 0 spiro atoms. The van der Waals surface area contributed by atoms with Crippen LogP contribution in [0.15, 0.2) is 24.3 Å². The van der Waals surface area contributed by atoms with Crippen LogP contribution in [-0.2, 0) is 20.5 Å². The van der Waals surface area contributed by atoms with Gasteiger partial charge in [0.2, 0.25) is 0 Å². The first-order valence-electron chi connectivity index (χ1n) is 8.90. The van der Waals surface area contributed by atoms with E-state index in [4.69, 9.17) is 4.74 Å². The van der Waals surface area contributed by atoms with Crippen LogP contribution in [0.25, 0.3) is 0 Å². The standard InChI is InChI=1S/C18H20F3N3O4/c19-18(20,21)14-3-1-2-13(12-14)15(25)22-4-6-23(7-5-22)16(26)17(27)24-8-10-28-11-9-24/h1-3,12H,4-11H2. The maximum absolute atomic E-state index is 12.8. The first kappa shape index (κ1) is 20.1. The van der Waals surface area contributed by atoms with Gasteiger partial charge in [0.15, 0.2) is 0 Å². The fourth-order valence-corrected chi connectivity index (χ4v) is 3.16. The fraction of sp³-hybridized carbons (Fsp3) is 0.500. The predicted molar refractivity (Wildman–Crippen MR) is 91.3 cm³/mol. The summed E-state index contributed by atoms with van der Waals surface area (Å²) in [6.07, 6.45) is -4.53.